The van der Waals surface area contributed by atoms with Crippen molar-refractivity contribution >= 4 is 34.7 Å². The molecule has 218 valence electrons. The number of hydrogen-bond acceptors (Lipinski definition) is 8. The second-order valence-corrected chi connectivity index (χ2v) is 10.8. The van der Waals surface area contributed by atoms with Gasteiger partial charge >= 0.3 is 6.18 Å². The predicted molar refractivity (Wildman–Crippen MR) is 153 cm³/mol. The van der Waals surface area contributed by atoms with Gasteiger partial charge in [-0.3, -0.25) is 4.79 Å². The van der Waals surface area contributed by atoms with E-state index in [1.54, 1.807) is 32.0 Å². The molecule has 1 saturated heterocycles. The Kier molecular flexibility index (Phi) is 7.69. The summed E-state index contributed by atoms with van der Waals surface area (Å²) in [6.45, 7) is 9.57. The summed E-state index contributed by atoms with van der Waals surface area (Å²) < 4.78 is 47.6. The van der Waals surface area contributed by atoms with Crippen LogP contribution in [0.3, 0.4) is 0 Å². The molecule has 1 amide bonds. The summed E-state index contributed by atoms with van der Waals surface area (Å²) in [5.74, 6) is 0.0216. The number of carbonyl (C=O) groups excluding carboxylic acids is 1. The topological polar surface area (TPSA) is 94.7 Å². The minimum Gasteiger partial charge on any atom is -0.492 e. The van der Waals surface area contributed by atoms with E-state index in [0.29, 0.717) is 29.3 Å². The number of ether oxygens (including phenoxy) is 1. The maximum atomic E-state index is 13.9. The summed E-state index contributed by atoms with van der Waals surface area (Å²) in [5, 5.41) is 8.73. The number of fused-ring (bicyclic) bond motifs is 1. The number of halogens is 3. The van der Waals surface area contributed by atoms with Gasteiger partial charge in [-0.05, 0) is 57.1 Å². The van der Waals surface area contributed by atoms with E-state index in [0.717, 1.165) is 43.6 Å². The van der Waals surface area contributed by atoms with E-state index < -0.39 is 17.2 Å². The molecular formula is C29H34F3N7O2. The lowest BCUT2D eigenvalue weighted by Crippen LogP contribution is -2.44. The monoisotopic (exact) mass is 569 g/mol. The van der Waals surface area contributed by atoms with Crippen molar-refractivity contribution in [2.24, 2.45) is 0 Å². The van der Waals surface area contributed by atoms with Crippen LogP contribution in [0.25, 0.3) is 0 Å². The highest BCUT2D eigenvalue weighted by atomic mass is 19.4. The van der Waals surface area contributed by atoms with Crippen LogP contribution in [0.15, 0.2) is 42.6 Å². The van der Waals surface area contributed by atoms with Gasteiger partial charge in [0.15, 0.2) is 0 Å². The van der Waals surface area contributed by atoms with Crippen molar-refractivity contribution < 1.29 is 22.7 Å². The van der Waals surface area contributed by atoms with E-state index in [4.69, 9.17) is 4.74 Å². The number of nitrogens with one attached hydrogen (secondary N) is 3. The molecule has 1 aromatic heterocycles. The average molecular weight is 570 g/mol. The Morgan fingerprint density at radius 2 is 1.88 bits per heavy atom. The molecule has 2 aliphatic rings. The summed E-state index contributed by atoms with van der Waals surface area (Å²) in [7, 11) is 2.09. The number of carbonyl (C=O) groups is 1. The third-order valence-corrected chi connectivity index (χ3v) is 7.51. The van der Waals surface area contributed by atoms with Crippen molar-refractivity contribution in [1.82, 2.24) is 14.9 Å². The van der Waals surface area contributed by atoms with Crippen molar-refractivity contribution in [2.75, 3.05) is 60.7 Å². The zero-order valence-electron chi connectivity index (χ0n) is 23.5. The molecule has 12 heteroatoms. The van der Waals surface area contributed by atoms with E-state index in [-0.39, 0.29) is 24.2 Å². The van der Waals surface area contributed by atoms with Gasteiger partial charge in [-0.25, -0.2) is 4.98 Å². The number of likely N-dealkylation sites (N-methyl/N-ethyl adjacent to an activating group) is 1. The molecule has 0 spiro atoms. The van der Waals surface area contributed by atoms with Crippen LogP contribution < -0.4 is 25.6 Å². The molecule has 2 aliphatic heterocycles. The van der Waals surface area contributed by atoms with Crippen molar-refractivity contribution in [1.29, 1.82) is 0 Å². The van der Waals surface area contributed by atoms with Crippen LogP contribution >= 0.6 is 0 Å². The van der Waals surface area contributed by atoms with Gasteiger partial charge in [-0.1, -0.05) is 12.1 Å². The highest BCUT2D eigenvalue weighted by Crippen LogP contribution is 2.41. The molecule has 0 saturated carbocycles. The maximum Gasteiger partial charge on any atom is 0.421 e. The fourth-order valence-electron chi connectivity index (χ4n) is 5.22. The Hall–Kier alpha value is -4.06. The number of amides is 1. The molecule has 3 N–H and O–H groups in total. The maximum absolute atomic E-state index is 13.9. The molecule has 2 aromatic carbocycles. The fourth-order valence-corrected chi connectivity index (χ4v) is 5.22. The number of anilines is 5. The van der Waals surface area contributed by atoms with E-state index in [1.807, 2.05) is 25.1 Å². The van der Waals surface area contributed by atoms with E-state index in [9.17, 15) is 18.0 Å². The first-order valence-electron chi connectivity index (χ1n) is 13.6. The number of alkyl halides is 3. The second kappa shape index (κ2) is 11.1. The molecule has 41 heavy (non-hydrogen) atoms. The molecule has 5 rings (SSSR count). The van der Waals surface area contributed by atoms with Crippen LogP contribution in [-0.2, 0) is 22.9 Å². The van der Waals surface area contributed by atoms with Gasteiger partial charge in [0.25, 0.3) is 0 Å². The molecule has 9 nitrogen and oxygen atoms in total. The molecular weight excluding hydrogens is 535 g/mol. The molecule has 0 unspecified atom stereocenters. The summed E-state index contributed by atoms with van der Waals surface area (Å²) >= 11 is 0. The Labute approximate surface area is 237 Å². The van der Waals surface area contributed by atoms with Gasteiger partial charge in [0.2, 0.25) is 11.9 Å². The lowest BCUT2D eigenvalue weighted by atomic mass is 9.83. The average Bonchev–Trinajstić information content (AvgIpc) is 3.16. The smallest absolute Gasteiger partial charge is 0.421 e. The van der Waals surface area contributed by atoms with Crippen LogP contribution in [0.5, 0.6) is 5.75 Å². The zero-order valence-corrected chi connectivity index (χ0v) is 23.5. The minimum atomic E-state index is -4.67. The van der Waals surface area contributed by atoms with E-state index in [1.165, 1.54) is 0 Å². The predicted octanol–water partition coefficient (Wildman–Crippen LogP) is 5.23. The van der Waals surface area contributed by atoms with Crippen LogP contribution in [0, 0.1) is 0 Å². The third kappa shape index (κ3) is 5.88. The summed E-state index contributed by atoms with van der Waals surface area (Å²) in [5.41, 5.74) is 1.86. The standard InChI is InChI=1S/C29H34F3N7O2/c1-5-41-23-15-19(39-13-11-38(4)12-14-39)9-10-21(23)36-27-34-17-20(29(30,31)32)25(37-27)33-16-18-7-6-8-22-24(18)28(2,3)26(40)35-22/h6-10,15,17H,5,11-14,16H2,1-4H3,(H,35,40)(H2,33,34,36,37). The Morgan fingerprint density at radius 3 is 2.59 bits per heavy atom. The van der Waals surface area contributed by atoms with Gasteiger partial charge < -0.3 is 30.5 Å². The Bertz CT molecular complexity index is 1440. The van der Waals surface area contributed by atoms with Gasteiger partial charge in [-0.15, -0.1) is 0 Å². The van der Waals surface area contributed by atoms with Crippen LogP contribution in [0.1, 0.15) is 37.5 Å². The lowest BCUT2D eigenvalue weighted by molar-refractivity contribution is -0.137. The fraction of sp³-hybridized carbons (Fsp3) is 0.414. The first-order valence-corrected chi connectivity index (χ1v) is 13.6. The first-order chi connectivity index (χ1) is 19.5. The lowest BCUT2D eigenvalue weighted by Gasteiger charge is -2.34. The Morgan fingerprint density at radius 1 is 1.12 bits per heavy atom. The van der Waals surface area contributed by atoms with Crippen molar-refractivity contribution in [2.45, 2.75) is 38.9 Å². The summed E-state index contributed by atoms with van der Waals surface area (Å²) in [4.78, 5) is 25.2. The van der Waals surface area contributed by atoms with Crippen LogP contribution in [0.4, 0.5) is 42.0 Å². The number of piperazine rings is 1. The molecule has 3 heterocycles. The van der Waals surface area contributed by atoms with Gasteiger partial charge in [0.05, 0.1) is 17.7 Å². The Balaban J connectivity index is 1.41. The second-order valence-electron chi connectivity index (χ2n) is 10.8. The normalized spacial score (nSPS) is 16.8. The summed E-state index contributed by atoms with van der Waals surface area (Å²) in [6.07, 6.45) is -3.90. The SMILES string of the molecule is CCOc1cc(N2CCN(C)CC2)ccc1Nc1ncc(C(F)(F)F)c(NCc2cccc3c2C(C)(C)C(=O)N3)n1. The van der Waals surface area contributed by atoms with Crippen molar-refractivity contribution in [3.05, 3.63) is 59.3 Å². The molecule has 0 aliphatic carbocycles. The number of aromatic nitrogens is 2. The number of benzene rings is 2. The van der Waals surface area contributed by atoms with Crippen molar-refractivity contribution in [3.8, 4) is 5.75 Å². The van der Waals surface area contributed by atoms with Crippen LogP contribution in [-0.4, -0.2) is 60.6 Å². The first kappa shape index (κ1) is 28.5. The van der Waals surface area contributed by atoms with E-state index >= 15 is 0 Å². The number of rotatable bonds is 8. The van der Waals surface area contributed by atoms with Gasteiger partial charge in [-0.2, -0.15) is 18.2 Å². The van der Waals surface area contributed by atoms with Gasteiger partial charge in [0.1, 0.15) is 17.1 Å². The highest BCUT2D eigenvalue weighted by Gasteiger charge is 2.40. The largest absolute Gasteiger partial charge is 0.492 e. The number of hydrogen-bond donors (Lipinski definition) is 3. The zero-order chi connectivity index (χ0) is 29.4. The minimum absolute atomic E-state index is 0.00994. The molecule has 1 fully saturated rings. The third-order valence-electron chi connectivity index (χ3n) is 7.51. The molecule has 0 atom stereocenters. The van der Waals surface area contributed by atoms with Gasteiger partial charge in [0, 0.05) is 56.4 Å². The quantitative estimate of drug-likeness (QED) is 0.340. The number of nitrogens with zero attached hydrogens (tertiary/aromatic N) is 4. The molecule has 0 bridgehead atoms. The molecule has 0 radical (unpaired) electrons. The van der Waals surface area contributed by atoms with Crippen LogP contribution in [0.2, 0.25) is 0 Å². The van der Waals surface area contributed by atoms with E-state index in [2.05, 4.69) is 42.8 Å². The summed E-state index contributed by atoms with van der Waals surface area (Å²) in [6, 6.07) is 11.0. The molecule has 3 aromatic rings. The highest BCUT2D eigenvalue weighted by molar-refractivity contribution is 6.06. The van der Waals surface area contributed by atoms with Crippen molar-refractivity contribution in [3.63, 3.8) is 0 Å².